The van der Waals surface area contributed by atoms with Crippen LogP contribution in [0.4, 0.5) is 0 Å². The van der Waals surface area contributed by atoms with Gasteiger partial charge in [0.2, 0.25) is 0 Å². The minimum atomic E-state index is 0. The van der Waals surface area contributed by atoms with E-state index in [0.29, 0.717) is 0 Å². The van der Waals surface area contributed by atoms with Gasteiger partial charge in [-0.3, -0.25) is 0 Å². The van der Waals surface area contributed by atoms with Crippen LogP contribution < -0.4 is 0 Å². The summed E-state index contributed by atoms with van der Waals surface area (Å²) in [4.78, 5) is 0. The summed E-state index contributed by atoms with van der Waals surface area (Å²) in [5.41, 5.74) is 4.09. The molecule has 4 rings (SSSR count). The molecule has 0 heterocycles. The molecular formula is C24H26. The summed E-state index contributed by atoms with van der Waals surface area (Å²) in [7, 11) is 0. The van der Waals surface area contributed by atoms with E-state index in [9.17, 15) is 0 Å². The Balaban J connectivity index is 0.00000104. The Morgan fingerprint density at radius 3 is 1.42 bits per heavy atom. The standard InChI is InChI=1S/C22H18.2CH4/c1-2-17-18-12-6-8-14-20(18)22(16-10-4-3-5-11-16)21-15-9-7-13-19(17)21;;/h3-15H,2H2,1H3;2*1H4. The fraction of sp³-hybridized carbons (Fsp3) is 0.167. The van der Waals surface area contributed by atoms with Crippen LogP contribution in [0.1, 0.15) is 27.3 Å². The molecule has 0 saturated carbocycles. The molecule has 0 amide bonds. The van der Waals surface area contributed by atoms with Crippen LogP contribution in [0, 0.1) is 0 Å². The lowest BCUT2D eigenvalue weighted by Crippen LogP contribution is -1.91. The van der Waals surface area contributed by atoms with Crippen LogP contribution in [0.5, 0.6) is 0 Å². The molecule has 0 aliphatic heterocycles. The van der Waals surface area contributed by atoms with Crippen molar-refractivity contribution in [2.75, 3.05) is 0 Å². The summed E-state index contributed by atoms with van der Waals surface area (Å²) < 4.78 is 0. The van der Waals surface area contributed by atoms with E-state index >= 15 is 0 Å². The molecule has 0 N–H and O–H groups in total. The second-order valence-corrected chi connectivity index (χ2v) is 5.66. The van der Waals surface area contributed by atoms with Crippen molar-refractivity contribution in [1.29, 1.82) is 0 Å². The van der Waals surface area contributed by atoms with Gasteiger partial charge in [0, 0.05) is 0 Å². The van der Waals surface area contributed by atoms with E-state index < -0.39 is 0 Å². The van der Waals surface area contributed by atoms with E-state index in [1.54, 1.807) is 0 Å². The fourth-order valence-corrected chi connectivity index (χ4v) is 3.52. The Hall–Kier alpha value is -2.60. The van der Waals surface area contributed by atoms with Crippen molar-refractivity contribution in [3.8, 4) is 11.1 Å². The first-order valence-electron chi connectivity index (χ1n) is 7.88. The highest BCUT2D eigenvalue weighted by atomic mass is 14.2. The van der Waals surface area contributed by atoms with E-state index in [4.69, 9.17) is 0 Å². The van der Waals surface area contributed by atoms with Gasteiger partial charge in [-0.05, 0) is 44.7 Å². The van der Waals surface area contributed by atoms with Crippen LogP contribution in [-0.4, -0.2) is 0 Å². The predicted molar refractivity (Wildman–Crippen MR) is 110 cm³/mol. The minimum Gasteiger partial charge on any atom is -0.0776 e. The third-order valence-electron chi connectivity index (χ3n) is 4.46. The Labute approximate surface area is 145 Å². The molecule has 0 nitrogen and oxygen atoms in total. The van der Waals surface area contributed by atoms with Gasteiger partial charge in [0.1, 0.15) is 0 Å². The van der Waals surface area contributed by atoms with E-state index in [2.05, 4.69) is 85.8 Å². The maximum absolute atomic E-state index is 2.26. The number of benzene rings is 4. The summed E-state index contributed by atoms with van der Waals surface area (Å²) in [5.74, 6) is 0. The second kappa shape index (κ2) is 7.31. The van der Waals surface area contributed by atoms with Crippen LogP contribution in [0.2, 0.25) is 0 Å². The molecule has 122 valence electrons. The van der Waals surface area contributed by atoms with Crippen molar-refractivity contribution in [1.82, 2.24) is 0 Å². The number of fused-ring (bicyclic) bond motifs is 2. The molecule has 0 unspecified atom stereocenters. The van der Waals surface area contributed by atoms with Crippen molar-refractivity contribution in [2.45, 2.75) is 28.2 Å². The Bertz CT molecular complexity index is 892. The van der Waals surface area contributed by atoms with Crippen molar-refractivity contribution in [2.24, 2.45) is 0 Å². The Morgan fingerprint density at radius 1 is 0.542 bits per heavy atom. The average Bonchev–Trinajstić information content (AvgIpc) is 2.60. The van der Waals surface area contributed by atoms with E-state index in [1.807, 2.05) is 0 Å². The summed E-state index contributed by atoms with van der Waals surface area (Å²) in [6.45, 7) is 2.25. The zero-order valence-electron chi connectivity index (χ0n) is 12.7. The van der Waals surface area contributed by atoms with Crippen molar-refractivity contribution >= 4 is 21.5 Å². The van der Waals surface area contributed by atoms with Gasteiger partial charge in [0.25, 0.3) is 0 Å². The third-order valence-corrected chi connectivity index (χ3v) is 4.46. The molecule has 0 fully saturated rings. The van der Waals surface area contributed by atoms with Crippen LogP contribution in [0.3, 0.4) is 0 Å². The smallest absolute Gasteiger partial charge is 0.00266 e. The lowest BCUT2D eigenvalue weighted by atomic mass is 9.88. The SMILES string of the molecule is C.C.CCc1c2ccccc2c(-c2ccccc2)c2ccccc12. The summed E-state index contributed by atoms with van der Waals surface area (Å²) >= 11 is 0. The van der Waals surface area contributed by atoms with Gasteiger partial charge < -0.3 is 0 Å². The molecule has 0 bridgehead atoms. The zero-order valence-corrected chi connectivity index (χ0v) is 12.7. The molecule has 0 spiro atoms. The van der Waals surface area contributed by atoms with Crippen molar-refractivity contribution in [3.05, 3.63) is 84.4 Å². The molecule has 0 atom stereocenters. The number of rotatable bonds is 2. The number of hydrogen-bond donors (Lipinski definition) is 0. The maximum Gasteiger partial charge on any atom is -0.00266 e. The molecular weight excluding hydrogens is 288 g/mol. The van der Waals surface area contributed by atoms with Crippen LogP contribution >= 0.6 is 0 Å². The highest BCUT2D eigenvalue weighted by Gasteiger charge is 2.13. The largest absolute Gasteiger partial charge is 0.0776 e. The normalized spacial score (nSPS) is 10.2. The first-order chi connectivity index (χ1) is 10.9. The average molecular weight is 314 g/mol. The van der Waals surface area contributed by atoms with Gasteiger partial charge in [-0.15, -0.1) is 0 Å². The van der Waals surface area contributed by atoms with Crippen molar-refractivity contribution < 1.29 is 0 Å². The Kier molecular flexibility index (Phi) is 5.41. The molecule has 0 heteroatoms. The van der Waals surface area contributed by atoms with Gasteiger partial charge in [-0.1, -0.05) is 101 Å². The molecule has 24 heavy (non-hydrogen) atoms. The van der Waals surface area contributed by atoms with Gasteiger partial charge in [0.15, 0.2) is 0 Å². The number of aryl methyl sites for hydroxylation is 1. The lowest BCUT2D eigenvalue weighted by Gasteiger charge is -2.16. The quantitative estimate of drug-likeness (QED) is 0.336. The van der Waals surface area contributed by atoms with Gasteiger partial charge in [-0.25, -0.2) is 0 Å². The maximum atomic E-state index is 2.26. The molecule has 0 aliphatic rings. The summed E-state index contributed by atoms with van der Waals surface area (Å²) in [5, 5.41) is 5.46. The third kappa shape index (κ3) is 2.69. The molecule has 0 aliphatic carbocycles. The molecule has 0 radical (unpaired) electrons. The molecule has 4 aromatic rings. The van der Waals surface area contributed by atoms with Gasteiger partial charge in [0.05, 0.1) is 0 Å². The van der Waals surface area contributed by atoms with Gasteiger partial charge in [-0.2, -0.15) is 0 Å². The summed E-state index contributed by atoms with van der Waals surface area (Å²) in [6, 6.07) is 28.3. The molecule has 0 saturated heterocycles. The lowest BCUT2D eigenvalue weighted by molar-refractivity contribution is 1.18. The van der Waals surface area contributed by atoms with Crippen LogP contribution in [-0.2, 0) is 6.42 Å². The zero-order chi connectivity index (χ0) is 14.9. The molecule has 0 aromatic heterocycles. The monoisotopic (exact) mass is 314 g/mol. The van der Waals surface area contributed by atoms with Gasteiger partial charge >= 0.3 is 0 Å². The van der Waals surface area contributed by atoms with E-state index in [-0.39, 0.29) is 14.9 Å². The topological polar surface area (TPSA) is 0 Å². The first kappa shape index (κ1) is 17.7. The van der Waals surface area contributed by atoms with Crippen LogP contribution in [0.15, 0.2) is 78.9 Å². The Morgan fingerprint density at radius 2 is 0.958 bits per heavy atom. The fourth-order valence-electron chi connectivity index (χ4n) is 3.52. The number of hydrogen-bond acceptors (Lipinski definition) is 0. The van der Waals surface area contributed by atoms with E-state index in [0.717, 1.165) is 6.42 Å². The van der Waals surface area contributed by atoms with E-state index in [1.165, 1.54) is 38.2 Å². The minimum absolute atomic E-state index is 0. The van der Waals surface area contributed by atoms with Crippen molar-refractivity contribution in [3.63, 3.8) is 0 Å². The summed E-state index contributed by atoms with van der Waals surface area (Å²) in [6.07, 6.45) is 1.05. The highest BCUT2D eigenvalue weighted by Crippen LogP contribution is 2.39. The van der Waals surface area contributed by atoms with Crippen LogP contribution in [0.25, 0.3) is 32.7 Å². The highest BCUT2D eigenvalue weighted by molar-refractivity contribution is 6.14. The second-order valence-electron chi connectivity index (χ2n) is 5.66. The first-order valence-corrected chi connectivity index (χ1v) is 7.88. The molecule has 4 aromatic carbocycles. The predicted octanol–water partition coefficient (Wildman–Crippen LogP) is 7.49.